The number of hydrogen-bond acceptors (Lipinski definition) is 7. The largest absolute Gasteiger partial charge is 0.351 e. The van der Waals surface area contributed by atoms with E-state index in [9.17, 15) is 4.79 Å². The number of carbonyl (C=O) groups excluding carboxylic acids is 1. The molecule has 0 saturated carbocycles. The van der Waals surface area contributed by atoms with E-state index in [1.54, 1.807) is 23.5 Å². The van der Waals surface area contributed by atoms with Crippen molar-refractivity contribution < 1.29 is 9.32 Å². The maximum atomic E-state index is 12.2. The fourth-order valence-electron chi connectivity index (χ4n) is 3.14. The highest BCUT2D eigenvalue weighted by atomic mass is 32.1. The summed E-state index contributed by atoms with van der Waals surface area (Å²) in [5.41, 5.74) is 2.67. The quantitative estimate of drug-likeness (QED) is 0.514. The zero-order valence-electron chi connectivity index (χ0n) is 18.9. The van der Waals surface area contributed by atoms with Gasteiger partial charge >= 0.3 is 0 Å². The van der Waals surface area contributed by atoms with Crippen molar-refractivity contribution in [3.63, 3.8) is 0 Å². The molecule has 2 aromatic heterocycles. The Labute approximate surface area is 188 Å². The minimum Gasteiger partial charge on any atom is -0.351 e. The van der Waals surface area contributed by atoms with Crippen molar-refractivity contribution in [2.45, 2.75) is 27.3 Å². The lowest BCUT2D eigenvalue weighted by Crippen LogP contribution is -2.31. The lowest BCUT2D eigenvalue weighted by molar-refractivity contribution is 0.0951. The highest BCUT2D eigenvalue weighted by molar-refractivity contribution is 7.15. The highest BCUT2D eigenvalue weighted by Crippen LogP contribution is 2.32. The molecule has 0 spiro atoms. The molecule has 0 saturated heterocycles. The van der Waals surface area contributed by atoms with E-state index in [2.05, 4.69) is 47.2 Å². The molecule has 0 radical (unpaired) electrons. The molecule has 3 rings (SSSR count). The summed E-state index contributed by atoms with van der Waals surface area (Å²) in [4.78, 5) is 23.5. The molecule has 1 amide bonds. The molecular formula is C23H31N5O2S. The predicted octanol–water partition coefficient (Wildman–Crippen LogP) is 3.91. The first kappa shape index (κ1) is 23.1. The SMILES string of the molecule is CCN(CC)Cc1sc(-c2nc(-c3ccc(C(=O)NCCN(C)C)cc3)no2)cc1C. The number of nitrogens with zero attached hydrogens (tertiary/aromatic N) is 4. The van der Waals surface area contributed by atoms with Crippen LogP contribution in [0, 0.1) is 6.92 Å². The number of hydrogen-bond donors (Lipinski definition) is 1. The van der Waals surface area contributed by atoms with Gasteiger partial charge in [-0.3, -0.25) is 9.69 Å². The van der Waals surface area contributed by atoms with E-state index < -0.39 is 0 Å². The topological polar surface area (TPSA) is 74.5 Å². The zero-order chi connectivity index (χ0) is 22.4. The van der Waals surface area contributed by atoms with Crippen LogP contribution in [0.3, 0.4) is 0 Å². The number of thiophene rings is 1. The number of nitrogens with one attached hydrogen (secondary N) is 1. The van der Waals surface area contributed by atoms with Crippen molar-refractivity contribution in [2.75, 3.05) is 40.3 Å². The smallest absolute Gasteiger partial charge is 0.268 e. The van der Waals surface area contributed by atoms with Crippen LogP contribution in [-0.4, -0.2) is 66.1 Å². The fraction of sp³-hybridized carbons (Fsp3) is 0.435. The van der Waals surface area contributed by atoms with Gasteiger partial charge in [-0.15, -0.1) is 11.3 Å². The summed E-state index contributed by atoms with van der Waals surface area (Å²) in [7, 11) is 3.95. The Morgan fingerprint density at radius 3 is 2.52 bits per heavy atom. The number of likely N-dealkylation sites (N-methyl/N-ethyl adjacent to an activating group) is 1. The molecule has 8 heteroatoms. The van der Waals surface area contributed by atoms with Gasteiger partial charge in [-0.05, 0) is 57.9 Å². The van der Waals surface area contributed by atoms with Gasteiger partial charge in [0.2, 0.25) is 5.82 Å². The molecule has 2 heterocycles. The first-order valence-corrected chi connectivity index (χ1v) is 11.4. The molecule has 31 heavy (non-hydrogen) atoms. The van der Waals surface area contributed by atoms with Crippen molar-refractivity contribution in [1.29, 1.82) is 0 Å². The Balaban J connectivity index is 1.69. The third-order valence-electron chi connectivity index (χ3n) is 5.17. The van der Waals surface area contributed by atoms with Gasteiger partial charge in [0.05, 0.1) is 4.88 Å². The number of carbonyl (C=O) groups is 1. The van der Waals surface area contributed by atoms with Crippen molar-refractivity contribution in [1.82, 2.24) is 25.3 Å². The molecule has 7 nitrogen and oxygen atoms in total. The molecule has 166 valence electrons. The van der Waals surface area contributed by atoms with Crippen LogP contribution in [0.4, 0.5) is 0 Å². The van der Waals surface area contributed by atoms with Crippen LogP contribution < -0.4 is 5.32 Å². The van der Waals surface area contributed by atoms with Gasteiger partial charge < -0.3 is 14.7 Å². The number of aromatic nitrogens is 2. The Bertz CT molecular complexity index is 990. The summed E-state index contributed by atoms with van der Waals surface area (Å²) in [6.07, 6.45) is 0. The lowest BCUT2D eigenvalue weighted by atomic mass is 10.1. The second kappa shape index (κ2) is 10.7. The molecule has 0 bridgehead atoms. The molecule has 1 aromatic carbocycles. The van der Waals surface area contributed by atoms with Crippen LogP contribution in [0.2, 0.25) is 0 Å². The fourth-order valence-corrected chi connectivity index (χ4v) is 4.28. The lowest BCUT2D eigenvalue weighted by Gasteiger charge is -2.17. The monoisotopic (exact) mass is 441 g/mol. The van der Waals surface area contributed by atoms with Crippen LogP contribution in [0.5, 0.6) is 0 Å². The zero-order valence-corrected chi connectivity index (χ0v) is 19.8. The van der Waals surface area contributed by atoms with Gasteiger partial charge in [-0.25, -0.2) is 0 Å². The van der Waals surface area contributed by atoms with E-state index in [0.717, 1.165) is 36.6 Å². The average Bonchev–Trinajstić information content (AvgIpc) is 3.39. The van der Waals surface area contributed by atoms with Gasteiger partial charge in [0.1, 0.15) is 0 Å². The van der Waals surface area contributed by atoms with Gasteiger partial charge in [0.15, 0.2) is 0 Å². The van der Waals surface area contributed by atoms with Crippen LogP contribution >= 0.6 is 11.3 Å². The predicted molar refractivity (Wildman–Crippen MR) is 125 cm³/mol. The van der Waals surface area contributed by atoms with E-state index in [4.69, 9.17) is 4.52 Å². The molecule has 1 N–H and O–H groups in total. The third-order valence-corrected chi connectivity index (χ3v) is 6.38. The Morgan fingerprint density at radius 2 is 1.87 bits per heavy atom. The summed E-state index contributed by atoms with van der Waals surface area (Å²) in [6, 6.07) is 9.38. The standard InChI is InChI=1S/C23H31N5O2S/c1-6-28(7-2)15-20-16(3)14-19(31-20)23-25-21(26-30-23)17-8-10-18(11-9-17)22(29)24-12-13-27(4)5/h8-11,14H,6-7,12-13,15H2,1-5H3,(H,24,29). The summed E-state index contributed by atoms with van der Waals surface area (Å²) in [5, 5.41) is 7.05. The highest BCUT2D eigenvalue weighted by Gasteiger charge is 2.16. The Hall–Kier alpha value is -2.55. The molecule has 0 aliphatic carbocycles. The summed E-state index contributed by atoms with van der Waals surface area (Å²) >= 11 is 1.70. The molecule has 0 aliphatic heterocycles. The van der Waals surface area contributed by atoms with E-state index >= 15 is 0 Å². The number of rotatable bonds is 10. The normalized spacial score (nSPS) is 11.5. The van der Waals surface area contributed by atoms with Crippen LogP contribution in [-0.2, 0) is 6.54 Å². The van der Waals surface area contributed by atoms with Crippen LogP contribution in [0.15, 0.2) is 34.9 Å². The second-order valence-electron chi connectivity index (χ2n) is 7.74. The summed E-state index contributed by atoms with van der Waals surface area (Å²) in [6.45, 7) is 10.9. The van der Waals surface area contributed by atoms with Crippen molar-refractivity contribution in [3.8, 4) is 22.2 Å². The van der Waals surface area contributed by atoms with E-state index in [1.165, 1.54) is 10.4 Å². The van der Waals surface area contributed by atoms with E-state index in [-0.39, 0.29) is 5.91 Å². The van der Waals surface area contributed by atoms with Gasteiger partial charge in [-0.1, -0.05) is 31.1 Å². The molecular weight excluding hydrogens is 410 g/mol. The second-order valence-corrected chi connectivity index (χ2v) is 8.87. The number of amides is 1. The molecule has 0 fully saturated rings. The van der Waals surface area contributed by atoms with E-state index in [0.29, 0.717) is 23.8 Å². The summed E-state index contributed by atoms with van der Waals surface area (Å²) < 4.78 is 5.54. The van der Waals surface area contributed by atoms with Gasteiger partial charge in [-0.2, -0.15) is 4.98 Å². The first-order chi connectivity index (χ1) is 14.9. The van der Waals surface area contributed by atoms with Crippen molar-refractivity contribution >= 4 is 17.2 Å². The van der Waals surface area contributed by atoms with Gasteiger partial charge in [0.25, 0.3) is 11.8 Å². The number of aryl methyl sites for hydroxylation is 1. The maximum absolute atomic E-state index is 12.2. The Kier molecular flexibility index (Phi) is 7.95. The molecule has 0 unspecified atom stereocenters. The summed E-state index contributed by atoms with van der Waals surface area (Å²) in [5.74, 6) is 0.960. The van der Waals surface area contributed by atoms with Gasteiger partial charge in [0, 0.05) is 35.6 Å². The first-order valence-electron chi connectivity index (χ1n) is 10.6. The third kappa shape index (κ3) is 6.00. The molecule has 0 atom stereocenters. The minimum atomic E-state index is -0.0861. The van der Waals surface area contributed by atoms with Crippen molar-refractivity contribution in [3.05, 3.63) is 46.3 Å². The number of benzene rings is 1. The van der Waals surface area contributed by atoms with Crippen molar-refractivity contribution in [2.24, 2.45) is 0 Å². The molecule has 3 aromatic rings. The molecule has 0 aliphatic rings. The van der Waals surface area contributed by atoms with E-state index in [1.807, 2.05) is 31.1 Å². The minimum absolute atomic E-state index is 0.0861. The van der Waals surface area contributed by atoms with Crippen LogP contribution in [0.25, 0.3) is 22.2 Å². The average molecular weight is 442 g/mol. The Morgan fingerprint density at radius 1 is 1.16 bits per heavy atom. The van der Waals surface area contributed by atoms with Crippen LogP contribution in [0.1, 0.15) is 34.6 Å². The maximum Gasteiger partial charge on any atom is 0.268 e.